The van der Waals surface area contributed by atoms with E-state index >= 15 is 0 Å². The number of rotatable bonds is 10. The summed E-state index contributed by atoms with van der Waals surface area (Å²) in [4.78, 5) is 21.8. The Kier molecular flexibility index (Phi) is 16.2. The Hall–Kier alpha value is -4.25. The first kappa shape index (κ1) is 48.4. The van der Waals surface area contributed by atoms with E-state index in [1.54, 1.807) is 30.3 Å². The van der Waals surface area contributed by atoms with Gasteiger partial charge in [0.05, 0.1) is 49.9 Å². The SMILES string of the molecule is Nc1ccc(N=Nc2ccc(N=Nc3ccc(-c4ccc(NN=C5C=CC(=O)C(C(=O)[O-])=C5)cc4)cc3)c3ccc(S(=O)(=O)[O-])cc23)c2ccc(S(=O)(=O)[O-])cc12.[Na+].[Na+].[Na+]. The van der Waals surface area contributed by atoms with Gasteiger partial charge >= 0.3 is 88.7 Å². The molecule has 6 aromatic rings. The minimum absolute atomic E-state index is 0. The Morgan fingerprint density at radius 3 is 1.62 bits per heavy atom. The van der Waals surface area contributed by atoms with Crippen LogP contribution in [0.25, 0.3) is 32.7 Å². The van der Waals surface area contributed by atoms with Crippen molar-refractivity contribution >= 4 is 93.4 Å². The van der Waals surface area contributed by atoms with Gasteiger partial charge in [0.25, 0.3) is 0 Å². The summed E-state index contributed by atoms with van der Waals surface area (Å²) in [5, 5.41) is 33.9. The van der Waals surface area contributed by atoms with Crippen molar-refractivity contribution in [1.29, 1.82) is 0 Å². The molecule has 3 N–H and O–H groups in total. The topological polar surface area (TPSA) is 271 Å². The number of ketones is 1. The summed E-state index contributed by atoms with van der Waals surface area (Å²) < 4.78 is 70.6. The van der Waals surface area contributed by atoms with E-state index in [0.29, 0.717) is 27.8 Å². The van der Waals surface area contributed by atoms with E-state index in [0.717, 1.165) is 41.5 Å². The Balaban J connectivity index is 0.00000265. The molecular formula is C39H24N7Na3O9S2. The van der Waals surface area contributed by atoms with Crippen molar-refractivity contribution in [3.63, 3.8) is 0 Å². The molecule has 0 bridgehead atoms. The van der Waals surface area contributed by atoms with Crippen molar-refractivity contribution in [2.45, 2.75) is 9.79 Å². The summed E-state index contributed by atoms with van der Waals surface area (Å²) >= 11 is 0. The van der Waals surface area contributed by atoms with Crippen molar-refractivity contribution in [1.82, 2.24) is 0 Å². The second-order valence-electron chi connectivity index (χ2n) is 12.3. The van der Waals surface area contributed by atoms with Gasteiger partial charge in [-0.3, -0.25) is 10.2 Å². The zero-order chi connectivity index (χ0) is 40.5. The molecule has 0 unspecified atom stereocenters. The van der Waals surface area contributed by atoms with Gasteiger partial charge in [-0.05, 0) is 102 Å². The Morgan fingerprint density at radius 1 is 0.583 bits per heavy atom. The Bertz CT molecular complexity index is 3050. The molecule has 0 fully saturated rings. The largest absolute Gasteiger partial charge is 1.00 e. The van der Waals surface area contributed by atoms with Crippen LogP contribution in [0.1, 0.15) is 0 Å². The van der Waals surface area contributed by atoms with Crippen LogP contribution in [0.4, 0.5) is 34.1 Å². The first-order valence-electron chi connectivity index (χ1n) is 16.5. The minimum atomic E-state index is -4.85. The second-order valence-corrected chi connectivity index (χ2v) is 15.1. The van der Waals surface area contributed by atoms with Crippen LogP contribution in [-0.2, 0) is 29.8 Å². The smallest absolute Gasteiger partial charge is 0.744 e. The summed E-state index contributed by atoms with van der Waals surface area (Å²) in [5.41, 5.74) is 12.4. The maximum absolute atomic E-state index is 11.9. The van der Waals surface area contributed by atoms with Crippen LogP contribution in [0.5, 0.6) is 0 Å². The van der Waals surface area contributed by atoms with E-state index < -0.39 is 47.4 Å². The first-order chi connectivity index (χ1) is 27.1. The summed E-state index contributed by atoms with van der Waals surface area (Å²) in [6.07, 6.45) is 3.61. The molecule has 284 valence electrons. The van der Waals surface area contributed by atoms with Crippen molar-refractivity contribution < 1.29 is 129 Å². The maximum atomic E-state index is 11.9. The molecule has 0 amide bonds. The standard InChI is InChI=1S/C39H27N7O9S2.3Na/c40-34-14-15-35(29-12-10-27(20-31(29)34)56(50,51)52)45-46-37-17-16-36(30-13-11-28(21-32(30)37)57(53,54)55)44-42-25-7-3-23(4-8-25)22-1-5-24(6-2-22)41-43-26-9-18-38(47)33(19-26)39(48)49;;;/h1-21,41H,40H2,(H,48,49)(H,50,51,52)(H,53,54,55);;;/q;3*+1/p-3. The molecule has 1 aliphatic rings. The molecule has 16 nitrogen and oxygen atoms in total. The number of aliphatic carboxylic acids is 1. The molecule has 0 aromatic heterocycles. The molecule has 60 heavy (non-hydrogen) atoms. The van der Waals surface area contributed by atoms with Crippen molar-refractivity contribution in [2.75, 3.05) is 11.2 Å². The Morgan fingerprint density at radius 2 is 1.07 bits per heavy atom. The number of anilines is 2. The number of allylic oxidation sites excluding steroid dienone is 3. The normalized spacial score (nSPS) is 13.5. The van der Waals surface area contributed by atoms with Crippen LogP contribution >= 0.6 is 0 Å². The van der Waals surface area contributed by atoms with E-state index in [2.05, 4.69) is 31.0 Å². The molecule has 0 saturated heterocycles. The zero-order valence-electron chi connectivity index (χ0n) is 31.9. The number of carbonyl (C=O) groups is 2. The summed E-state index contributed by atoms with van der Waals surface area (Å²) in [6.45, 7) is 0. The van der Waals surface area contributed by atoms with E-state index in [4.69, 9.17) is 5.73 Å². The fraction of sp³-hybridized carbons (Fsp3) is 0. The number of nitrogen functional groups attached to an aromatic ring is 1. The average Bonchev–Trinajstić information content (AvgIpc) is 3.19. The van der Waals surface area contributed by atoms with Crippen LogP contribution in [0.2, 0.25) is 0 Å². The number of hydrazone groups is 1. The van der Waals surface area contributed by atoms with Gasteiger partial charge in [0.1, 0.15) is 20.2 Å². The third kappa shape index (κ3) is 11.2. The van der Waals surface area contributed by atoms with Crippen molar-refractivity contribution in [2.24, 2.45) is 25.6 Å². The second kappa shape index (κ2) is 20.1. The minimum Gasteiger partial charge on any atom is -0.744 e. The van der Waals surface area contributed by atoms with E-state index in [9.17, 15) is 40.6 Å². The van der Waals surface area contributed by atoms with Gasteiger partial charge in [-0.2, -0.15) is 10.2 Å². The third-order valence-corrected chi connectivity index (χ3v) is 10.3. The quantitative estimate of drug-likeness (QED) is 0.0276. The van der Waals surface area contributed by atoms with Gasteiger partial charge in [-0.1, -0.05) is 36.4 Å². The number of carboxylic acids is 1. The number of hydrogen-bond donors (Lipinski definition) is 2. The predicted molar refractivity (Wildman–Crippen MR) is 207 cm³/mol. The third-order valence-electron chi connectivity index (χ3n) is 8.64. The molecule has 0 heterocycles. The Labute approximate surface area is 408 Å². The van der Waals surface area contributed by atoms with Crippen LogP contribution < -0.4 is 105 Å². The number of benzene rings is 6. The monoisotopic (exact) mass is 867 g/mol. The van der Waals surface area contributed by atoms with E-state index in [1.165, 1.54) is 42.5 Å². The first-order valence-corrected chi connectivity index (χ1v) is 19.3. The molecule has 0 aliphatic heterocycles. The number of carboxylic acid groups (broad SMARTS) is 1. The van der Waals surface area contributed by atoms with Gasteiger partial charge < -0.3 is 24.7 Å². The van der Waals surface area contributed by atoms with Crippen LogP contribution in [-0.4, -0.2) is 43.4 Å². The number of hydrogen-bond acceptors (Lipinski definition) is 16. The molecule has 0 radical (unpaired) electrons. The van der Waals surface area contributed by atoms with Crippen LogP contribution in [0.15, 0.2) is 168 Å². The summed E-state index contributed by atoms with van der Waals surface area (Å²) in [7, 11) is -9.59. The number of nitrogens with two attached hydrogens (primary N) is 1. The molecule has 0 spiro atoms. The number of carbonyl (C=O) groups excluding carboxylic acids is 2. The molecular weight excluding hydrogens is 844 g/mol. The predicted octanol–water partition coefficient (Wildman–Crippen LogP) is -2.52. The fourth-order valence-electron chi connectivity index (χ4n) is 5.76. The molecule has 7 rings (SSSR count). The molecule has 0 saturated carbocycles. The van der Waals surface area contributed by atoms with Gasteiger partial charge in [0, 0.05) is 32.8 Å². The van der Waals surface area contributed by atoms with Gasteiger partial charge in [0.2, 0.25) is 0 Å². The van der Waals surface area contributed by atoms with E-state index in [1.807, 2.05) is 24.3 Å². The van der Waals surface area contributed by atoms with E-state index in [-0.39, 0.29) is 122 Å². The number of fused-ring (bicyclic) bond motifs is 2. The van der Waals surface area contributed by atoms with Gasteiger partial charge in [-0.15, -0.1) is 15.3 Å². The zero-order valence-corrected chi connectivity index (χ0v) is 39.6. The summed E-state index contributed by atoms with van der Waals surface area (Å²) in [6, 6.07) is 27.9. The number of nitrogens with zero attached hydrogens (tertiary/aromatic N) is 5. The van der Waals surface area contributed by atoms with Gasteiger partial charge in [-0.25, -0.2) is 16.8 Å². The molecule has 0 atom stereocenters. The van der Waals surface area contributed by atoms with Crippen LogP contribution in [0.3, 0.4) is 0 Å². The van der Waals surface area contributed by atoms with Crippen molar-refractivity contribution in [3.8, 4) is 11.1 Å². The summed E-state index contributed by atoms with van der Waals surface area (Å²) in [5.74, 6) is -2.25. The van der Waals surface area contributed by atoms with Crippen molar-refractivity contribution in [3.05, 3.63) is 133 Å². The molecule has 21 heteroatoms. The average molecular weight is 868 g/mol. The van der Waals surface area contributed by atoms with Crippen LogP contribution in [0, 0.1) is 0 Å². The maximum Gasteiger partial charge on any atom is 1.00 e. The number of nitrogens with one attached hydrogen (secondary N) is 1. The van der Waals surface area contributed by atoms with Gasteiger partial charge in [0.15, 0.2) is 5.78 Å². The fourth-order valence-corrected chi connectivity index (χ4v) is 6.75. The number of azo groups is 2. The molecule has 6 aromatic carbocycles. The molecule has 1 aliphatic carbocycles.